The highest BCUT2D eigenvalue weighted by atomic mass is 33.1. The minimum absolute atomic E-state index is 0.0929. The van der Waals surface area contributed by atoms with Gasteiger partial charge in [0.05, 0.1) is 7.11 Å². The average molecular weight is 494 g/mol. The van der Waals surface area contributed by atoms with Gasteiger partial charge in [-0.15, -0.1) is 0 Å². The largest absolute Gasteiger partial charge is 0.466 e. The number of hydrogen-bond acceptors (Lipinski definition) is 9. The number of unbranched alkanes of at least 4 members (excludes halogenated alkanes) is 2. The molecule has 0 aliphatic carbocycles. The molecular weight excluding hydrogens is 454 g/mol. The topological polar surface area (TPSA) is 123 Å². The van der Waals surface area contributed by atoms with E-state index in [1.807, 2.05) is 0 Å². The van der Waals surface area contributed by atoms with E-state index in [1.165, 1.54) is 7.11 Å². The molecule has 2 amide bonds. The van der Waals surface area contributed by atoms with E-state index < -0.39 is 18.5 Å². The summed E-state index contributed by atoms with van der Waals surface area (Å²) in [5.74, 6) is 0.733. The quantitative estimate of drug-likeness (QED) is 0.125. The number of amides is 2. The van der Waals surface area contributed by atoms with Gasteiger partial charge in [0, 0.05) is 50.4 Å². The third kappa shape index (κ3) is 21.8. The smallest absolute Gasteiger partial charge is 0.344 e. The summed E-state index contributed by atoms with van der Waals surface area (Å²) in [5, 5.41) is 9.15. The van der Waals surface area contributed by atoms with Crippen LogP contribution in [0.4, 0.5) is 0 Å². The first-order valence-corrected chi connectivity index (χ1v) is 13.7. The van der Waals surface area contributed by atoms with Crippen LogP contribution in [-0.4, -0.2) is 75.2 Å². The van der Waals surface area contributed by atoms with Crippen LogP contribution in [-0.2, 0) is 28.7 Å². The van der Waals surface area contributed by atoms with Crippen LogP contribution < -0.4 is 16.0 Å². The lowest BCUT2D eigenvalue weighted by molar-refractivity contribution is -0.157. The molecule has 0 heterocycles. The van der Waals surface area contributed by atoms with Crippen LogP contribution in [0.1, 0.15) is 58.3 Å². The van der Waals surface area contributed by atoms with Crippen LogP contribution >= 0.6 is 21.6 Å². The molecule has 0 rings (SSSR count). The Bertz CT molecular complexity index is 538. The van der Waals surface area contributed by atoms with Gasteiger partial charge in [0.1, 0.15) is 0 Å². The van der Waals surface area contributed by atoms with Crippen molar-refractivity contribution in [1.29, 1.82) is 0 Å². The van der Waals surface area contributed by atoms with E-state index >= 15 is 0 Å². The molecule has 0 aromatic heterocycles. The normalized spacial score (nSPS) is 10.4. The number of carbonyl (C=O) groups is 4. The van der Waals surface area contributed by atoms with Gasteiger partial charge in [-0.25, -0.2) is 4.79 Å². The minimum atomic E-state index is -0.609. The van der Waals surface area contributed by atoms with Crippen molar-refractivity contribution in [3.63, 3.8) is 0 Å². The van der Waals surface area contributed by atoms with Crippen molar-refractivity contribution in [1.82, 2.24) is 16.0 Å². The second-order valence-electron chi connectivity index (χ2n) is 6.99. The zero-order chi connectivity index (χ0) is 23.9. The van der Waals surface area contributed by atoms with Gasteiger partial charge in [0.25, 0.3) is 0 Å². The number of nitrogens with one attached hydrogen (secondary N) is 3. The zero-order valence-corrected chi connectivity index (χ0v) is 21.0. The van der Waals surface area contributed by atoms with Crippen LogP contribution in [0.25, 0.3) is 0 Å². The number of rotatable bonds is 21. The molecule has 32 heavy (non-hydrogen) atoms. The highest BCUT2D eigenvalue weighted by Crippen LogP contribution is 2.19. The van der Waals surface area contributed by atoms with Gasteiger partial charge >= 0.3 is 11.9 Å². The molecule has 0 fully saturated rings. The Morgan fingerprint density at radius 1 is 0.719 bits per heavy atom. The van der Waals surface area contributed by atoms with E-state index in [0.29, 0.717) is 19.4 Å². The maximum atomic E-state index is 11.7. The van der Waals surface area contributed by atoms with Crippen LogP contribution in [0.3, 0.4) is 0 Å². The van der Waals surface area contributed by atoms with E-state index in [2.05, 4.69) is 27.6 Å². The standard InChI is InChI=1S/C21H39N3O6S2/c1-3-4-8-18(25)23-12-6-5-11-22-13-15-31-32-16-14-24-19(26)9-7-10-20(27)30-17-21(28)29-2/h22H,3-17H2,1-2H3,(H,23,25)(H,24,26). The summed E-state index contributed by atoms with van der Waals surface area (Å²) >= 11 is 0. The fourth-order valence-electron chi connectivity index (χ4n) is 2.37. The molecule has 0 unspecified atom stereocenters. The molecule has 0 radical (unpaired) electrons. The number of esters is 2. The predicted molar refractivity (Wildman–Crippen MR) is 129 cm³/mol. The van der Waals surface area contributed by atoms with Gasteiger partial charge in [0.15, 0.2) is 6.61 Å². The maximum Gasteiger partial charge on any atom is 0.344 e. The van der Waals surface area contributed by atoms with Crippen molar-refractivity contribution in [3.8, 4) is 0 Å². The van der Waals surface area contributed by atoms with Crippen LogP contribution in [0.2, 0.25) is 0 Å². The van der Waals surface area contributed by atoms with Gasteiger partial charge in [-0.05, 0) is 32.2 Å². The van der Waals surface area contributed by atoms with Crippen molar-refractivity contribution in [2.45, 2.75) is 58.3 Å². The average Bonchev–Trinajstić information content (AvgIpc) is 2.78. The van der Waals surface area contributed by atoms with Gasteiger partial charge in [-0.2, -0.15) is 0 Å². The van der Waals surface area contributed by atoms with E-state index in [1.54, 1.807) is 21.6 Å². The molecular formula is C21H39N3O6S2. The zero-order valence-electron chi connectivity index (χ0n) is 19.4. The Hall–Kier alpha value is -1.46. The minimum Gasteiger partial charge on any atom is -0.466 e. The Labute approximate surface area is 199 Å². The molecule has 0 atom stereocenters. The molecule has 0 aliphatic heterocycles. The molecule has 3 N–H and O–H groups in total. The summed E-state index contributed by atoms with van der Waals surface area (Å²) in [7, 11) is 4.70. The Balaban J connectivity index is 3.32. The number of methoxy groups -OCH3 is 1. The fourth-order valence-corrected chi connectivity index (χ4v) is 4.23. The molecule has 0 aromatic carbocycles. The first-order valence-electron chi connectivity index (χ1n) is 11.2. The van der Waals surface area contributed by atoms with E-state index in [9.17, 15) is 19.2 Å². The second kappa shape index (κ2) is 22.7. The van der Waals surface area contributed by atoms with Gasteiger partial charge in [-0.1, -0.05) is 34.9 Å². The van der Waals surface area contributed by atoms with Crippen LogP contribution in [0.5, 0.6) is 0 Å². The Kier molecular flexibility index (Phi) is 21.7. The van der Waals surface area contributed by atoms with Crippen molar-refractivity contribution in [2.75, 3.05) is 51.4 Å². The Morgan fingerprint density at radius 3 is 2.03 bits per heavy atom. The fraction of sp³-hybridized carbons (Fsp3) is 0.810. The molecule has 0 saturated carbocycles. The summed E-state index contributed by atoms with van der Waals surface area (Å²) in [6, 6.07) is 0. The number of carbonyl (C=O) groups excluding carboxylic acids is 4. The third-order valence-electron chi connectivity index (χ3n) is 4.18. The van der Waals surface area contributed by atoms with Gasteiger partial charge in [-0.3, -0.25) is 14.4 Å². The molecule has 11 heteroatoms. The summed E-state index contributed by atoms with van der Waals surface area (Å²) in [5.41, 5.74) is 0. The van der Waals surface area contributed by atoms with E-state index in [0.717, 1.165) is 56.8 Å². The molecule has 0 aliphatic rings. The number of hydrogen-bond donors (Lipinski definition) is 3. The highest BCUT2D eigenvalue weighted by molar-refractivity contribution is 8.76. The van der Waals surface area contributed by atoms with Crippen LogP contribution in [0, 0.1) is 0 Å². The molecule has 186 valence electrons. The van der Waals surface area contributed by atoms with Crippen molar-refractivity contribution < 1.29 is 28.7 Å². The summed E-state index contributed by atoms with van der Waals surface area (Å²) < 4.78 is 9.07. The predicted octanol–water partition coefficient (Wildman–Crippen LogP) is 2.05. The monoisotopic (exact) mass is 493 g/mol. The maximum absolute atomic E-state index is 11.7. The third-order valence-corrected chi connectivity index (χ3v) is 6.58. The van der Waals surface area contributed by atoms with Crippen LogP contribution in [0.15, 0.2) is 0 Å². The first-order chi connectivity index (χ1) is 15.5. The summed E-state index contributed by atoms with van der Waals surface area (Å²) in [4.78, 5) is 45.4. The summed E-state index contributed by atoms with van der Waals surface area (Å²) in [6.45, 7) is 4.89. The van der Waals surface area contributed by atoms with Crippen molar-refractivity contribution in [2.24, 2.45) is 0 Å². The van der Waals surface area contributed by atoms with Gasteiger partial charge < -0.3 is 25.4 Å². The lowest BCUT2D eigenvalue weighted by Gasteiger charge is -2.07. The highest BCUT2D eigenvalue weighted by Gasteiger charge is 2.08. The Morgan fingerprint density at radius 2 is 1.34 bits per heavy atom. The number of ether oxygens (including phenoxy) is 2. The van der Waals surface area contributed by atoms with E-state index in [-0.39, 0.29) is 24.7 Å². The SMILES string of the molecule is CCCCC(=O)NCCCCNCCSSCCNC(=O)CCCC(=O)OCC(=O)OC. The van der Waals surface area contributed by atoms with Gasteiger partial charge in [0.2, 0.25) is 11.8 Å². The lowest BCUT2D eigenvalue weighted by atomic mass is 10.2. The molecule has 0 spiro atoms. The second-order valence-corrected chi connectivity index (χ2v) is 9.70. The molecule has 0 saturated heterocycles. The van der Waals surface area contributed by atoms with Crippen molar-refractivity contribution in [3.05, 3.63) is 0 Å². The molecule has 9 nitrogen and oxygen atoms in total. The summed E-state index contributed by atoms with van der Waals surface area (Å²) in [6.07, 6.45) is 5.38. The molecule has 0 bridgehead atoms. The first kappa shape index (κ1) is 30.5. The van der Waals surface area contributed by atoms with E-state index in [4.69, 9.17) is 4.74 Å². The molecule has 0 aromatic rings. The lowest BCUT2D eigenvalue weighted by Crippen LogP contribution is -2.25. The van der Waals surface area contributed by atoms with Crippen molar-refractivity contribution >= 4 is 45.3 Å².